The topological polar surface area (TPSA) is 103 Å². The summed E-state index contributed by atoms with van der Waals surface area (Å²) in [5.41, 5.74) is 14.9. The van der Waals surface area contributed by atoms with Gasteiger partial charge in [-0.15, -0.1) is 0 Å². The summed E-state index contributed by atoms with van der Waals surface area (Å²) >= 11 is 0. The Kier molecular flexibility index (Phi) is 8.72. The SMILES string of the molecule is Cc1ccc(C[C@H](NC(=O)c2cccc(-c3cc(-c4cnc5ccccc5c4)nn3Cc3ccc(C(C)(C)C)cc3)c2)C(N)=O)cc1. The Morgan fingerprint density at radius 3 is 2.28 bits per heavy atom. The molecule has 4 aromatic carbocycles. The molecule has 7 heteroatoms. The van der Waals surface area contributed by atoms with E-state index in [4.69, 9.17) is 10.8 Å². The third-order valence-corrected chi connectivity index (χ3v) is 8.45. The highest BCUT2D eigenvalue weighted by atomic mass is 16.2. The Balaban J connectivity index is 1.33. The van der Waals surface area contributed by atoms with Gasteiger partial charge in [0.25, 0.3) is 5.91 Å². The Morgan fingerprint density at radius 1 is 0.830 bits per heavy atom. The van der Waals surface area contributed by atoms with Crippen LogP contribution in [0, 0.1) is 6.92 Å². The number of hydrogen-bond acceptors (Lipinski definition) is 4. The van der Waals surface area contributed by atoms with E-state index >= 15 is 0 Å². The zero-order valence-electron chi connectivity index (χ0n) is 27.2. The number of nitrogens with two attached hydrogens (primary N) is 1. The van der Waals surface area contributed by atoms with E-state index < -0.39 is 11.9 Å². The van der Waals surface area contributed by atoms with E-state index in [1.165, 1.54) is 5.56 Å². The van der Waals surface area contributed by atoms with Gasteiger partial charge in [-0.1, -0.05) is 105 Å². The lowest BCUT2D eigenvalue weighted by Crippen LogP contribution is -2.45. The van der Waals surface area contributed by atoms with Gasteiger partial charge in [-0.05, 0) is 59.4 Å². The second-order valence-electron chi connectivity index (χ2n) is 13.1. The molecule has 2 amide bonds. The first-order valence-electron chi connectivity index (χ1n) is 15.8. The van der Waals surface area contributed by atoms with Crippen molar-refractivity contribution in [3.05, 3.63) is 143 Å². The molecule has 3 N–H and O–H groups in total. The molecule has 1 atom stereocenters. The molecule has 0 aliphatic heterocycles. The monoisotopic (exact) mass is 621 g/mol. The van der Waals surface area contributed by atoms with E-state index in [9.17, 15) is 9.59 Å². The quantitative estimate of drug-likeness (QED) is 0.178. The minimum absolute atomic E-state index is 0.0559. The van der Waals surface area contributed by atoms with Gasteiger partial charge < -0.3 is 11.1 Å². The molecule has 0 fully saturated rings. The van der Waals surface area contributed by atoms with Crippen LogP contribution in [0.5, 0.6) is 0 Å². The molecule has 2 aromatic heterocycles. The predicted octanol–water partition coefficient (Wildman–Crippen LogP) is 7.25. The largest absolute Gasteiger partial charge is 0.368 e. The number of benzene rings is 4. The van der Waals surface area contributed by atoms with Crippen molar-refractivity contribution in [1.29, 1.82) is 0 Å². The summed E-state index contributed by atoms with van der Waals surface area (Å²) in [6.45, 7) is 9.15. The van der Waals surface area contributed by atoms with Crippen LogP contribution in [-0.2, 0) is 23.2 Å². The van der Waals surface area contributed by atoms with Gasteiger partial charge in [0.15, 0.2) is 0 Å². The van der Waals surface area contributed by atoms with Gasteiger partial charge in [0.2, 0.25) is 5.91 Å². The van der Waals surface area contributed by atoms with Crippen LogP contribution in [0.1, 0.15) is 53.4 Å². The molecule has 47 heavy (non-hydrogen) atoms. The maximum atomic E-state index is 13.5. The number of rotatable bonds is 9. The van der Waals surface area contributed by atoms with Crippen LogP contribution in [-0.4, -0.2) is 32.6 Å². The van der Waals surface area contributed by atoms with Gasteiger partial charge in [-0.2, -0.15) is 5.10 Å². The molecule has 0 spiro atoms. The number of hydrogen-bond donors (Lipinski definition) is 2. The molecule has 0 saturated carbocycles. The standard InChI is InChI=1S/C40H39N5O2/c1-26-12-14-27(15-13-26)20-36(38(41)46)43-39(47)31-10-7-9-30(22-31)37-23-35(32-21-29-8-5-6-11-34(29)42-24-32)44-45(37)25-28-16-18-33(19-17-28)40(2,3)4/h5-19,21-24,36H,20,25H2,1-4H3,(H2,41,46)(H,43,47)/t36-/m0/s1. The number of nitrogens with one attached hydrogen (secondary N) is 1. The van der Waals surface area contributed by atoms with Gasteiger partial charge in [0, 0.05) is 34.7 Å². The van der Waals surface area contributed by atoms with E-state index in [1.54, 1.807) is 6.07 Å². The van der Waals surface area contributed by atoms with Gasteiger partial charge in [-0.25, -0.2) is 0 Å². The van der Waals surface area contributed by atoms with Crippen LogP contribution in [0.2, 0.25) is 0 Å². The van der Waals surface area contributed by atoms with Crippen molar-refractivity contribution in [2.45, 2.75) is 52.1 Å². The molecule has 0 saturated heterocycles. The van der Waals surface area contributed by atoms with E-state index in [0.717, 1.165) is 50.1 Å². The second-order valence-corrected chi connectivity index (χ2v) is 13.1. The number of pyridine rings is 1. The fourth-order valence-corrected chi connectivity index (χ4v) is 5.65. The normalized spacial score (nSPS) is 12.2. The fourth-order valence-electron chi connectivity index (χ4n) is 5.65. The molecule has 6 aromatic rings. The Morgan fingerprint density at radius 2 is 1.55 bits per heavy atom. The number of para-hydroxylation sites is 1. The number of aryl methyl sites for hydroxylation is 1. The third-order valence-electron chi connectivity index (χ3n) is 8.45. The van der Waals surface area contributed by atoms with Gasteiger partial charge >= 0.3 is 0 Å². The summed E-state index contributed by atoms with van der Waals surface area (Å²) in [5.74, 6) is -0.954. The number of carbonyl (C=O) groups excluding carboxylic acids is 2. The Bertz CT molecular complexity index is 2050. The minimum Gasteiger partial charge on any atom is -0.368 e. The summed E-state index contributed by atoms with van der Waals surface area (Å²) < 4.78 is 1.97. The molecule has 7 nitrogen and oxygen atoms in total. The van der Waals surface area contributed by atoms with E-state index in [-0.39, 0.29) is 11.3 Å². The number of fused-ring (bicyclic) bond motifs is 1. The van der Waals surface area contributed by atoms with E-state index in [1.807, 2.05) is 90.6 Å². The number of nitrogens with zero attached hydrogens (tertiary/aromatic N) is 3. The average molecular weight is 622 g/mol. The van der Waals surface area contributed by atoms with Crippen molar-refractivity contribution in [3.8, 4) is 22.5 Å². The van der Waals surface area contributed by atoms with Crippen molar-refractivity contribution in [2.24, 2.45) is 5.73 Å². The summed E-state index contributed by atoms with van der Waals surface area (Å²) in [5, 5.41) is 8.93. The lowest BCUT2D eigenvalue weighted by atomic mass is 9.87. The number of aromatic nitrogens is 3. The number of amides is 2. The first-order chi connectivity index (χ1) is 22.5. The second kappa shape index (κ2) is 13.0. The van der Waals surface area contributed by atoms with Gasteiger partial charge in [0.1, 0.15) is 6.04 Å². The molecule has 0 radical (unpaired) electrons. The zero-order chi connectivity index (χ0) is 33.1. The Labute approximate surface area is 275 Å². The van der Waals surface area contributed by atoms with Crippen LogP contribution in [0.15, 0.2) is 115 Å². The molecule has 2 heterocycles. The van der Waals surface area contributed by atoms with Crippen LogP contribution in [0.3, 0.4) is 0 Å². The van der Waals surface area contributed by atoms with Crippen molar-refractivity contribution in [2.75, 3.05) is 0 Å². The molecule has 0 aliphatic rings. The summed E-state index contributed by atoms with van der Waals surface area (Å²) in [7, 11) is 0. The third kappa shape index (κ3) is 7.31. The molecular formula is C40H39N5O2. The number of primary amides is 1. The van der Waals surface area contributed by atoms with Crippen LogP contribution in [0.4, 0.5) is 0 Å². The first-order valence-corrected chi connectivity index (χ1v) is 15.8. The predicted molar refractivity (Wildman–Crippen MR) is 188 cm³/mol. The summed E-state index contributed by atoms with van der Waals surface area (Å²) in [6.07, 6.45) is 2.16. The van der Waals surface area contributed by atoms with Gasteiger partial charge in [-0.3, -0.25) is 19.3 Å². The van der Waals surface area contributed by atoms with Crippen LogP contribution < -0.4 is 11.1 Å². The van der Waals surface area contributed by atoms with E-state index in [2.05, 4.69) is 61.4 Å². The highest BCUT2D eigenvalue weighted by molar-refractivity contribution is 5.98. The molecule has 0 bridgehead atoms. The molecular weight excluding hydrogens is 582 g/mol. The highest BCUT2D eigenvalue weighted by Gasteiger charge is 2.21. The average Bonchev–Trinajstić information content (AvgIpc) is 3.48. The first kappa shape index (κ1) is 31.4. The molecule has 6 rings (SSSR count). The Hall–Kier alpha value is -5.56. The van der Waals surface area contributed by atoms with Crippen molar-refractivity contribution >= 4 is 22.7 Å². The lowest BCUT2D eigenvalue weighted by Gasteiger charge is -2.19. The van der Waals surface area contributed by atoms with E-state index in [0.29, 0.717) is 18.5 Å². The summed E-state index contributed by atoms with van der Waals surface area (Å²) in [6, 6.07) is 35.1. The minimum atomic E-state index is -0.845. The van der Waals surface area contributed by atoms with Gasteiger partial charge in [0.05, 0.1) is 23.4 Å². The maximum Gasteiger partial charge on any atom is 0.251 e. The highest BCUT2D eigenvalue weighted by Crippen LogP contribution is 2.30. The molecule has 236 valence electrons. The lowest BCUT2D eigenvalue weighted by molar-refractivity contribution is -0.119. The van der Waals surface area contributed by atoms with Crippen LogP contribution in [0.25, 0.3) is 33.4 Å². The maximum absolute atomic E-state index is 13.5. The van der Waals surface area contributed by atoms with Crippen molar-refractivity contribution in [1.82, 2.24) is 20.1 Å². The molecule has 0 unspecified atom stereocenters. The van der Waals surface area contributed by atoms with Crippen molar-refractivity contribution < 1.29 is 9.59 Å². The number of carbonyl (C=O) groups is 2. The smallest absolute Gasteiger partial charge is 0.251 e. The van der Waals surface area contributed by atoms with Crippen molar-refractivity contribution in [3.63, 3.8) is 0 Å². The zero-order valence-corrected chi connectivity index (χ0v) is 27.2. The molecule has 0 aliphatic carbocycles. The van der Waals surface area contributed by atoms with Crippen LogP contribution >= 0.6 is 0 Å². The summed E-state index contributed by atoms with van der Waals surface area (Å²) in [4.78, 5) is 30.5. The fraction of sp³-hybridized carbons (Fsp3) is 0.200.